The number of thiazole rings is 1. The van der Waals surface area contributed by atoms with E-state index in [1.807, 2.05) is 6.07 Å². The van der Waals surface area contributed by atoms with Gasteiger partial charge in [0.2, 0.25) is 5.91 Å². The van der Waals surface area contributed by atoms with Crippen LogP contribution in [0.5, 0.6) is 0 Å². The highest BCUT2D eigenvalue weighted by molar-refractivity contribution is 7.19. The fourth-order valence-electron chi connectivity index (χ4n) is 2.21. The summed E-state index contributed by atoms with van der Waals surface area (Å²) < 4.78 is 36.8. The Morgan fingerprint density at radius 3 is 2.74 bits per heavy atom. The second-order valence-corrected chi connectivity index (χ2v) is 6.69. The Hall–Kier alpha value is -2.71. The van der Waals surface area contributed by atoms with Crippen LogP contribution in [0.15, 0.2) is 18.2 Å². The molecule has 0 aliphatic rings. The van der Waals surface area contributed by atoms with Crippen molar-refractivity contribution < 1.29 is 22.8 Å². The first-order chi connectivity index (χ1) is 12.7. The third kappa shape index (κ3) is 5.90. The average Bonchev–Trinajstić information content (AvgIpc) is 3.02. The van der Waals surface area contributed by atoms with Crippen molar-refractivity contribution in [1.29, 1.82) is 5.26 Å². The van der Waals surface area contributed by atoms with Crippen LogP contribution in [0.25, 0.3) is 10.2 Å². The molecule has 27 heavy (non-hydrogen) atoms. The number of fused-ring (bicyclic) bond motifs is 1. The first-order valence-electron chi connectivity index (χ1n) is 7.93. The van der Waals surface area contributed by atoms with Gasteiger partial charge in [-0.25, -0.2) is 4.98 Å². The largest absolute Gasteiger partial charge is 0.471 e. The molecule has 0 aliphatic carbocycles. The monoisotopic (exact) mass is 399 g/mol. The Morgan fingerprint density at radius 1 is 1.33 bits per heavy atom. The van der Waals surface area contributed by atoms with Crippen LogP contribution in [0.4, 0.5) is 18.9 Å². The van der Waals surface area contributed by atoms with Crippen molar-refractivity contribution in [2.45, 2.75) is 31.5 Å². The highest BCUT2D eigenvalue weighted by Gasteiger charge is 2.38. The number of aromatic nitrogens is 1. The van der Waals surface area contributed by atoms with Crippen molar-refractivity contribution >= 4 is 39.1 Å². The third-order valence-corrected chi connectivity index (χ3v) is 4.50. The summed E-state index contributed by atoms with van der Waals surface area (Å²) in [5.41, 5.74) is 6.94. The Balaban J connectivity index is 1.77. The van der Waals surface area contributed by atoms with Crippen molar-refractivity contribution in [3.8, 4) is 6.07 Å². The van der Waals surface area contributed by atoms with Crippen molar-refractivity contribution in [3.63, 3.8) is 0 Å². The molecule has 11 heteroatoms. The fourth-order valence-corrected chi connectivity index (χ4v) is 3.01. The molecule has 1 aromatic carbocycles. The van der Waals surface area contributed by atoms with Crippen molar-refractivity contribution in [1.82, 2.24) is 10.3 Å². The van der Waals surface area contributed by atoms with Crippen molar-refractivity contribution in [2.75, 3.05) is 11.9 Å². The Kier molecular flexibility index (Phi) is 6.70. The van der Waals surface area contributed by atoms with Gasteiger partial charge in [0.1, 0.15) is 6.07 Å². The van der Waals surface area contributed by atoms with Crippen LogP contribution in [0.2, 0.25) is 0 Å². The van der Waals surface area contributed by atoms with Gasteiger partial charge in [-0.2, -0.15) is 18.4 Å². The highest BCUT2D eigenvalue weighted by Crippen LogP contribution is 2.25. The second kappa shape index (κ2) is 8.79. The van der Waals surface area contributed by atoms with Gasteiger partial charge in [-0.15, -0.1) is 11.3 Å². The summed E-state index contributed by atoms with van der Waals surface area (Å²) in [4.78, 5) is 26.8. The molecule has 4 N–H and O–H groups in total. The van der Waals surface area contributed by atoms with Gasteiger partial charge in [0.25, 0.3) is 0 Å². The lowest BCUT2D eigenvalue weighted by atomic mass is 10.1. The predicted molar refractivity (Wildman–Crippen MR) is 93.9 cm³/mol. The molecule has 7 nitrogen and oxygen atoms in total. The van der Waals surface area contributed by atoms with E-state index >= 15 is 0 Å². The Bertz CT molecular complexity index is 875. The van der Waals surface area contributed by atoms with Crippen LogP contribution in [0.3, 0.4) is 0 Å². The van der Waals surface area contributed by atoms with E-state index in [1.165, 1.54) is 11.3 Å². The molecule has 2 aromatic rings. The zero-order valence-electron chi connectivity index (χ0n) is 14.0. The predicted octanol–water partition coefficient (Wildman–Crippen LogP) is 2.28. The van der Waals surface area contributed by atoms with Crippen LogP contribution in [0, 0.1) is 11.3 Å². The number of benzene rings is 1. The quantitative estimate of drug-likeness (QED) is 0.617. The number of hydrogen-bond donors (Lipinski definition) is 3. The summed E-state index contributed by atoms with van der Waals surface area (Å²) in [5.74, 6) is -2.42. The molecule has 1 atom stereocenters. The van der Waals surface area contributed by atoms with Gasteiger partial charge >= 0.3 is 12.1 Å². The average molecular weight is 399 g/mol. The maximum absolute atomic E-state index is 12.1. The first kappa shape index (κ1) is 20.6. The highest BCUT2D eigenvalue weighted by atomic mass is 32.1. The molecule has 2 amide bonds. The number of amides is 2. The number of carbonyl (C=O) groups excluding carboxylic acids is 2. The summed E-state index contributed by atoms with van der Waals surface area (Å²) in [6, 6.07) is 6.12. The number of hydrogen-bond acceptors (Lipinski definition) is 6. The zero-order chi connectivity index (χ0) is 20.0. The Labute approximate surface area is 156 Å². The van der Waals surface area contributed by atoms with E-state index in [1.54, 1.807) is 23.5 Å². The summed E-state index contributed by atoms with van der Waals surface area (Å²) >= 11 is 1.20. The molecule has 1 unspecified atom stereocenters. The minimum absolute atomic E-state index is 0.143. The number of nitrogens with zero attached hydrogens (tertiary/aromatic N) is 2. The zero-order valence-corrected chi connectivity index (χ0v) is 14.8. The number of anilines is 1. The van der Waals surface area contributed by atoms with E-state index < -0.39 is 24.0 Å². The normalized spacial score (nSPS) is 12.4. The van der Waals surface area contributed by atoms with Gasteiger partial charge in [0, 0.05) is 12.2 Å². The van der Waals surface area contributed by atoms with Gasteiger partial charge in [0.15, 0.2) is 5.01 Å². The number of unbranched alkanes of at least 4 members (excludes halogenated alkanes) is 1. The molecule has 0 spiro atoms. The number of halogens is 3. The smallest absolute Gasteiger partial charge is 0.348 e. The van der Waals surface area contributed by atoms with E-state index in [4.69, 9.17) is 11.0 Å². The molecule has 0 fully saturated rings. The van der Waals surface area contributed by atoms with Crippen molar-refractivity contribution in [3.05, 3.63) is 23.2 Å². The number of nitrogens with one attached hydrogen (secondary N) is 2. The molecular weight excluding hydrogens is 383 g/mol. The van der Waals surface area contributed by atoms with E-state index in [2.05, 4.69) is 10.3 Å². The molecule has 0 saturated carbocycles. The summed E-state index contributed by atoms with van der Waals surface area (Å²) in [6.45, 7) is -0.143. The number of alkyl halides is 3. The summed E-state index contributed by atoms with van der Waals surface area (Å²) in [7, 11) is 0. The summed E-state index contributed by atoms with van der Waals surface area (Å²) in [6.07, 6.45) is -3.99. The van der Waals surface area contributed by atoms with Gasteiger partial charge in [-0.3, -0.25) is 9.59 Å². The molecule has 0 aliphatic heterocycles. The standard InChI is InChI=1S/C16H16F3N5O2S/c17-16(18,19)15(26)22-6-2-1-3-10(21)14(25)23-9-4-5-11-12(7-9)27-13(8-20)24-11/h4-5,7,10H,1-3,6,21H2,(H,22,26)(H,23,25). The van der Waals surface area contributed by atoms with Gasteiger partial charge < -0.3 is 16.4 Å². The molecule has 0 radical (unpaired) electrons. The topological polar surface area (TPSA) is 121 Å². The lowest BCUT2D eigenvalue weighted by molar-refractivity contribution is -0.173. The number of carbonyl (C=O) groups is 2. The lowest BCUT2D eigenvalue weighted by Crippen LogP contribution is -2.38. The molecule has 144 valence electrons. The number of rotatable bonds is 7. The number of nitrogens with two attached hydrogens (primary N) is 1. The molecule has 0 saturated heterocycles. The van der Waals surface area contributed by atoms with Gasteiger partial charge in [-0.05, 0) is 37.5 Å². The first-order valence-corrected chi connectivity index (χ1v) is 8.74. The Morgan fingerprint density at radius 2 is 2.07 bits per heavy atom. The molecule has 2 rings (SSSR count). The van der Waals surface area contributed by atoms with Crippen LogP contribution in [0.1, 0.15) is 24.3 Å². The van der Waals surface area contributed by atoms with Crippen LogP contribution >= 0.6 is 11.3 Å². The van der Waals surface area contributed by atoms with Crippen molar-refractivity contribution in [2.24, 2.45) is 5.73 Å². The molecule has 0 bridgehead atoms. The molecular formula is C16H16F3N5O2S. The third-order valence-electron chi connectivity index (χ3n) is 3.57. The van der Waals surface area contributed by atoms with Crippen LogP contribution < -0.4 is 16.4 Å². The lowest BCUT2D eigenvalue weighted by Gasteiger charge is -2.12. The van der Waals surface area contributed by atoms with E-state index in [0.29, 0.717) is 22.6 Å². The van der Waals surface area contributed by atoms with E-state index in [0.717, 1.165) is 4.70 Å². The van der Waals surface area contributed by atoms with Gasteiger partial charge in [-0.1, -0.05) is 0 Å². The fraction of sp³-hybridized carbons (Fsp3) is 0.375. The SMILES string of the molecule is N#Cc1nc2ccc(NC(=O)C(N)CCCCNC(=O)C(F)(F)F)cc2s1. The van der Waals surface area contributed by atoms with E-state index in [9.17, 15) is 22.8 Å². The molecule has 1 aromatic heterocycles. The molecule has 1 heterocycles. The minimum atomic E-state index is -4.90. The van der Waals surface area contributed by atoms with Gasteiger partial charge in [0.05, 0.1) is 16.3 Å². The summed E-state index contributed by atoms with van der Waals surface area (Å²) in [5, 5.41) is 13.6. The number of nitriles is 1. The minimum Gasteiger partial charge on any atom is -0.348 e. The maximum Gasteiger partial charge on any atom is 0.471 e. The van der Waals surface area contributed by atoms with Crippen LogP contribution in [-0.4, -0.2) is 35.6 Å². The van der Waals surface area contributed by atoms with Crippen LogP contribution in [-0.2, 0) is 9.59 Å². The maximum atomic E-state index is 12.1. The van der Waals surface area contributed by atoms with E-state index in [-0.39, 0.29) is 19.4 Å². The second-order valence-electron chi connectivity index (χ2n) is 5.66.